The van der Waals surface area contributed by atoms with Crippen molar-refractivity contribution in [3.05, 3.63) is 52.9 Å². The molecule has 27 heavy (non-hydrogen) atoms. The number of aromatic nitrogens is 1. The molecule has 0 radical (unpaired) electrons. The zero-order valence-corrected chi connectivity index (χ0v) is 16.6. The van der Waals surface area contributed by atoms with Gasteiger partial charge in [-0.2, -0.15) is 0 Å². The number of carbonyl (C=O) groups is 1. The second-order valence-electron chi connectivity index (χ2n) is 8.50. The van der Waals surface area contributed by atoms with Crippen LogP contribution in [0.3, 0.4) is 0 Å². The summed E-state index contributed by atoms with van der Waals surface area (Å²) in [6, 6.07) is 10.9. The predicted octanol–water partition coefficient (Wildman–Crippen LogP) is 3.63. The van der Waals surface area contributed by atoms with E-state index in [1.165, 1.54) is 12.0 Å². The number of likely N-dealkylation sites (N-methyl/N-ethyl adjacent to an activating group) is 1. The van der Waals surface area contributed by atoms with E-state index >= 15 is 0 Å². The quantitative estimate of drug-likeness (QED) is 0.813. The molecule has 2 aromatic rings. The Morgan fingerprint density at radius 3 is 2.52 bits per heavy atom. The van der Waals surface area contributed by atoms with Crippen molar-refractivity contribution in [1.29, 1.82) is 0 Å². The third kappa shape index (κ3) is 3.53. The minimum atomic E-state index is 0.0740. The van der Waals surface area contributed by atoms with Gasteiger partial charge < -0.3 is 14.3 Å². The second kappa shape index (κ2) is 7.12. The summed E-state index contributed by atoms with van der Waals surface area (Å²) in [5.74, 6) is 1.28. The number of likely N-dealkylation sites (tertiary alicyclic amines) is 2. The minimum Gasteiger partial charge on any atom is -0.361 e. The summed E-state index contributed by atoms with van der Waals surface area (Å²) < 4.78 is 5.19. The van der Waals surface area contributed by atoms with Gasteiger partial charge in [-0.1, -0.05) is 35.5 Å². The van der Waals surface area contributed by atoms with Crippen LogP contribution in [-0.4, -0.2) is 54.1 Å². The third-order valence-corrected chi connectivity index (χ3v) is 6.45. The highest BCUT2D eigenvalue weighted by Crippen LogP contribution is 2.44. The van der Waals surface area contributed by atoms with Crippen LogP contribution in [0.5, 0.6) is 0 Å². The Morgan fingerprint density at radius 1 is 1.19 bits per heavy atom. The summed E-state index contributed by atoms with van der Waals surface area (Å²) in [6.45, 7) is 7.54. The van der Waals surface area contributed by atoms with Crippen molar-refractivity contribution in [3.8, 4) is 0 Å². The van der Waals surface area contributed by atoms with E-state index in [1.807, 2.05) is 18.7 Å². The number of hydrogen-bond donors (Lipinski definition) is 0. The topological polar surface area (TPSA) is 49.6 Å². The lowest BCUT2D eigenvalue weighted by molar-refractivity contribution is 0.0223. The van der Waals surface area contributed by atoms with Crippen LogP contribution in [0.2, 0.25) is 0 Å². The van der Waals surface area contributed by atoms with Crippen LogP contribution in [0.25, 0.3) is 0 Å². The molecule has 1 aromatic carbocycles. The standard InChI is InChI=1S/C22H29N3O2/c1-16-20(17(2)27-23-16)21(26)25-11-9-22(10-12-25)13-19(14-24(3)15-22)18-7-5-4-6-8-18/h4-8,19H,9-15H2,1-3H3/t19-/m1/s1. The van der Waals surface area contributed by atoms with E-state index in [1.54, 1.807) is 0 Å². The summed E-state index contributed by atoms with van der Waals surface area (Å²) >= 11 is 0. The molecule has 1 spiro atoms. The van der Waals surface area contributed by atoms with Gasteiger partial charge in [-0.05, 0) is 57.1 Å². The van der Waals surface area contributed by atoms with Crippen molar-refractivity contribution < 1.29 is 9.32 Å². The molecule has 1 amide bonds. The van der Waals surface area contributed by atoms with Crippen molar-refractivity contribution in [1.82, 2.24) is 15.0 Å². The number of amides is 1. The van der Waals surface area contributed by atoms with Crippen molar-refractivity contribution in [3.63, 3.8) is 0 Å². The number of aryl methyl sites for hydroxylation is 2. The smallest absolute Gasteiger partial charge is 0.259 e. The van der Waals surface area contributed by atoms with Gasteiger partial charge in [0.1, 0.15) is 11.3 Å². The first-order valence-electron chi connectivity index (χ1n) is 9.93. The van der Waals surface area contributed by atoms with Gasteiger partial charge in [0.05, 0.1) is 5.69 Å². The Morgan fingerprint density at radius 2 is 1.89 bits per heavy atom. The van der Waals surface area contributed by atoms with E-state index in [2.05, 4.69) is 47.4 Å². The fraction of sp³-hybridized carbons (Fsp3) is 0.545. The van der Waals surface area contributed by atoms with Crippen LogP contribution in [0.15, 0.2) is 34.9 Å². The molecule has 0 aliphatic carbocycles. The lowest BCUT2D eigenvalue weighted by atomic mass is 9.68. The van der Waals surface area contributed by atoms with Gasteiger partial charge in [0.2, 0.25) is 0 Å². The molecule has 5 nitrogen and oxygen atoms in total. The van der Waals surface area contributed by atoms with Gasteiger partial charge in [-0.15, -0.1) is 0 Å². The maximum atomic E-state index is 12.9. The molecule has 1 atom stereocenters. The maximum Gasteiger partial charge on any atom is 0.259 e. The zero-order chi connectivity index (χ0) is 19.0. The highest BCUT2D eigenvalue weighted by molar-refractivity contribution is 5.96. The molecule has 3 heterocycles. The largest absolute Gasteiger partial charge is 0.361 e. The first kappa shape index (κ1) is 18.2. The van der Waals surface area contributed by atoms with E-state index < -0.39 is 0 Å². The van der Waals surface area contributed by atoms with Gasteiger partial charge in [-0.3, -0.25) is 4.79 Å². The lowest BCUT2D eigenvalue weighted by Gasteiger charge is -2.49. The first-order chi connectivity index (χ1) is 13.0. The second-order valence-corrected chi connectivity index (χ2v) is 8.50. The molecule has 1 aromatic heterocycles. The van der Waals surface area contributed by atoms with Crippen LogP contribution in [0, 0.1) is 19.3 Å². The van der Waals surface area contributed by atoms with Crippen LogP contribution in [-0.2, 0) is 0 Å². The van der Waals surface area contributed by atoms with Crippen LogP contribution in [0.1, 0.15) is 52.6 Å². The summed E-state index contributed by atoms with van der Waals surface area (Å²) in [7, 11) is 2.23. The summed E-state index contributed by atoms with van der Waals surface area (Å²) in [6.07, 6.45) is 3.35. The molecular formula is C22H29N3O2. The van der Waals surface area contributed by atoms with E-state index in [0.29, 0.717) is 28.4 Å². The predicted molar refractivity (Wildman–Crippen MR) is 105 cm³/mol. The van der Waals surface area contributed by atoms with Crippen molar-refractivity contribution in [2.75, 3.05) is 33.2 Å². The molecule has 0 saturated carbocycles. The number of rotatable bonds is 2. The van der Waals surface area contributed by atoms with Gasteiger partial charge in [0.25, 0.3) is 5.91 Å². The highest BCUT2D eigenvalue weighted by atomic mass is 16.5. The molecule has 144 valence electrons. The van der Waals surface area contributed by atoms with Gasteiger partial charge in [0.15, 0.2) is 0 Å². The monoisotopic (exact) mass is 367 g/mol. The summed E-state index contributed by atoms with van der Waals surface area (Å²) in [5.41, 5.74) is 3.09. The van der Waals surface area contributed by atoms with E-state index in [0.717, 1.165) is 39.0 Å². The number of carbonyl (C=O) groups excluding carboxylic acids is 1. The Bertz CT molecular complexity index is 787. The summed E-state index contributed by atoms with van der Waals surface area (Å²) in [4.78, 5) is 17.4. The fourth-order valence-electron chi connectivity index (χ4n) is 5.11. The van der Waals surface area contributed by atoms with E-state index in [9.17, 15) is 4.79 Å². The van der Waals surface area contributed by atoms with Crippen LogP contribution < -0.4 is 0 Å². The average molecular weight is 367 g/mol. The van der Waals surface area contributed by atoms with Gasteiger partial charge in [0, 0.05) is 26.2 Å². The molecule has 2 aliphatic heterocycles. The zero-order valence-electron chi connectivity index (χ0n) is 16.6. The lowest BCUT2D eigenvalue weighted by Crippen LogP contribution is -2.51. The van der Waals surface area contributed by atoms with Crippen molar-refractivity contribution in [2.24, 2.45) is 5.41 Å². The molecule has 0 unspecified atom stereocenters. The van der Waals surface area contributed by atoms with E-state index in [-0.39, 0.29) is 5.91 Å². The maximum absolute atomic E-state index is 12.9. The Kier molecular flexibility index (Phi) is 4.81. The number of piperidine rings is 2. The number of hydrogen-bond acceptors (Lipinski definition) is 4. The fourth-order valence-corrected chi connectivity index (χ4v) is 5.11. The van der Waals surface area contributed by atoms with Crippen molar-refractivity contribution in [2.45, 2.75) is 39.0 Å². The van der Waals surface area contributed by atoms with Crippen LogP contribution in [0.4, 0.5) is 0 Å². The number of nitrogens with zero attached hydrogens (tertiary/aromatic N) is 3. The highest BCUT2D eigenvalue weighted by Gasteiger charge is 2.42. The molecule has 5 heteroatoms. The van der Waals surface area contributed by atoms with E-state index in [4.69, 9.17) is 4.52 Å². The molecule has 0 bridgehead atoms. The molecular weight excluding hydrogens is 338 g/mol. The third-order valence-electron chi connectivity index (χ3n) is 6.45. The van der Waals surface area contributed by atoms with Gasteiger partial charge in [-0.25, -0.2) is 0 Å². The summed E-state index contributed by atoms with van der Waals surface area (Å²) in [5, 5.41) is 3.94. The normalized spacial score (nSPS) is 22.9. The van der Waals surface area contributed by atoms with Crippen LogP contribution >= 0.6 is 0 Å². The van der Waals surface area contributed by atoms with Crippen molar-refractivity contribution >= 4 is 5.91 Å². The Balaban J connectivity index is 1.46. The molecule has 0 N–H and O–H groups in total. The SMILES string of the molecule is Cc1noc(C)c1C(=O)N1CCC2(CC1)C[C@@H](c1ccccc1)CN(C)C2. The average Bonchev–Trinajstić information content (AvgIpc) is 3.00. The minimum absolute atomic E-state index is 0.0740. The first-order valence-corrected chi connectivity index (χ1v) is 9.93. The Labute approximate surface area is 161 Å². The molecule has 2 saturated heterocycles. The molecule has 2 aliphatic rings. The Hall–Kier alpha value is -2.14. The number of benzene rings is 1. The van der Waals surface area contributed by atoms with Gasteiger partial charge >= 0.3 is 0 Å². The molecule has 2 fully saturated rings. The molecule has 4 rings (SSSR count).